The first-order valence-corrected chi connectivity index (χ1v) is 10.8. The van der Waals surface area contributed by atoms with Gasteiger partial charge in [0.05, 0.1) is 0 Å². The van der Waals surface area contributed by atoms with Gasteiger partial charge in [0.15, 0.2) is 0 Å². The van der Waals surface area contributed by atoms with E-state index in [0.29, 0.717) is 23.1 Å². The van der Waals surface area contributed by atoms with Gasteiger partial charge < -0.3 is 10.1 Å². The molecule has 0 spiro atoms. The van der Waals surface area contributed by atoms with Crippen LogP contribution in [-0.4, -0.2) is 5.91 Å². The van der Waals surface area contributed by atoms with Gasteiger partial charge in [-0.3, -0.25) is 4.79 Å². The summed E-state index contributed by atoms with van der Waals surface area (Å²) in [6, 6.07) is 28.8. The molecule has 0 heterocycles. The number of nitriles is 1. The molecule has 4 rings (SSSR count). The van der Waals surface area contributed by atoms with Gasteiger partial charge in [-0.25, -0.2) is 0 Å². The molecule has 0 radical (unpaired) electrons. The summed E-state index contributed by atoms with van der Waals surface area (Å²) in [7, 11) is 0. The minimum absolute atomic E-state index is 0.00111. The van der Waals surface area contributed by atoms with Gasteiger partial charge in [0.1, 0.15) is 24.0 Å². The molecule has 0 aliphatic rings. The average molecular weight is 453 g/mol. The van der Waals surface area contributed by atoms with Crippen molar-refractivity contribution < 1.29 is 9.53 Å². The molecule has 4 aromatic rings. The fourth-order valence-electron chi connectivity index (χ4n) is 3.49. The van der Waals surface area contributed by atoms with Crippen LogP contribution in [0.15, 0.2) is 90.5 Å². The Hall–Kier alpha value is -4.07. The van der Waals surface area contributed by atoms with Gasteiger partial charge in [0, 0.05) is 10.7 Å². The largest absolute Gasteiger partial charge is 0.489 e. The molecular formula is C28H21ClN2O2. The first kappa shape index (κ1) is 22.1. The molecule has 0 aromatic heterocycles. The van der Waals surface area contributed by atoms with Crippen LogP contribution < -0.4 is 10.1 Å². The number of nitrogens with one attached hydrogen (secondary N) is 1. The number of nitrogens with zero attached hydrogens (tertiary/aromatic N) is 1. The number of carbonyl (C=O) groups is 1. The molecule has 162 valence electrons. The van der Waals surface area contributed by atoms with E-state index < -0.39 is 5.91 Å². The zero-order valence-corrected chi connectivity index (χ0v) is 18.8. The van der Waals surface area contributed by atoms with Crippen LogP contribution in [0.3, 0.4) is 0 Å². The van der Waals surface area contributed by atoms with Crippen molar-refractivity contribution in [2.45, 2.75) is 13.5 Å². The summed E-state index contributed by atoms with van der Waals surface area (Å²) < 4.78 is 5.96. The monoisotopic (exact) mass is 452 g/mol. The van der Waals surface area contributed by atoms with Gasteiger partial charge in [-0.2, -0.15) is 5.26 Å². The second kappa shape index (κ2) is 10.0. The Labute approximate surface area is 197 Å². The fourth-order valence-corrected chi connectivity index (χ4v) is 3.66. The summed E-state index contributed by atoms with van der Waals surface area (Å²) in [6.07, 6.45) is 1.55. The Morgan fingerprint density at radius 3 is 2.52 bits per heavy atom. The molecule has 4 aromatic carbocycles. The zero-order valence-electron chi connectivity index (χ0n) is 18.0. The predicted octanol–water partition coefficient (Wildman–Crippen LogP) is 6.93. The standard InChI is InChI=1S/C28H21ClN2O2/c1-19-26(29)10-5-11-27(19)31-28(32)23(17-30)16-20-12-14-24(15-13-20)33-18-22-8-4-7-21-6-2-3-9-25(21)22/h2-16H,18H2,1H3,(H,31,32)/b23-16+. The van der Waals surface area contributed by atoms with Gasteiger partial charge in [-0.15, -0.1) is 0 Å². The van der Waals surface area contributed by atoms with E-state index in [2.05, 4.69) is 29.6 Å². The van der Waals surface area contributed by atoms with Crippen molar-refractivity contribution in [3.63, 3.8) is 0 Å². The highest BCUT2D eigenvalue weighted by molar-refractivity contribution is 6.31. The highest BCUT2D eigenvalue weighted by Gasteiger charge is 2.12. The average Bonchev–Trinajstić information content (AvgIpc) is 2.84. The molecule has 0 aliphatic heterocycles. The van der Waals surface area contributed by atoms with E-state index in [9.17, 15) is 10.1 Å². The molecule has 1 amide bonds. The van der Waals surface area contributed by atoms with E-state index >= 15 is 0 Å². The van der Waals surface area contributed by atoms with E-state index in [4.69, 9.17) is 16.3 Å². The summed E-state index contributed by atoms with van der Waals surface area (Å²) >= 11 is 6.11. The number of fused-ring (bicyclic) bond motifs is 1. The molecule has 4 nitrogen and oxygen atoms in total. The molecule has 0 atom stereocenters. The Bertz CT molecular complexity index is 1380. The van der Waals surface area contributed by atoms with Crippen LogP contribution in [-0.2, 0) is 11.4 Å². The molecule has 0 saturated carbocycles. The first-order chi connectivity index (χ1) is 16.0. The first-order valence-electron chi connectivity index (χ1n) is 10.4. The SMILES string of the molecule is Cc1c(Cl)cccc1NC(=O)/C(C#N)=C/c1ccc(OCc2cccc3ccccc23)cc1. The van der Waals surface area contributed by atoms with E-state index in [1.807, 2.05) is 55.5 Å². The molecule has 0 fully saturated rings. The van der Waals surface area contributed by atoms with E-state index in [0.717, 1.165) is 16.7 Å². The Balaban J connectivity index is 1.45. The summed E-state index contributed by atoms with van der Waals surface area (Å²) in [5.41, 5.74) is 3.15. The summed E-state index contributed by atoms with van der Waals surface area (Å²) in [5, 5.41) is 15.1. The third-order valence-corrected chi connectivity index (χ3v) is 5.76. The van der Waals surface area contributed by atoms with Crippen molar-refractivity contribution in [2.75, 3.05) is 5.32 Å². The molecule has 1 N–H and O–H groups in total. The zero-order chi connectivity index (χ0) is 23.2. The normalized spacial score (nSPS) is 11.1. The number of anilines is 1. The summed E-state index contributed by atoms with van der Waals surface area (Å²) in [6.45, 7) is 2.26. The maximum absolute atomic E-state index is 12.6. The smallest absolute Gasteiger partial charge is 0.266 e. The third-order valence-electron chi connectivity index (χ3n) is 5.35. The highest BCUT2D eigenvalue weighted by atomic mass is 35.5. The van der Waals surface area contributed by atoms with Crippen LogP contribution in [0.5, 0.6) is 5.75 Å². The van der Waals surface area contributed by atoms with Crippen molar-refractivity contribution in [1.82, 2.24) is 0 Å². The number of amides is 1. The molecule has 0 aliphatic carbocycles. The maximum atomic E-state index is 12.6. The molecule has 5 heteroatoms. The second-order valence-electron chi connectivity index (χ2n) is 7.53. The minimum atomic E-state index is -0.487. The Morgan fingerprint density at radius 2 is 1.73 bits per heavy atom. The minimum Gasteiger partial charge on any atom is -0.489 e. The lowest BCUT2D eigenvalue weighted by Gasteiger charge is -2.10. The van der Waals surface area contributed by atoms with Crippen LogP contribution in [0.4, 0.5) is 5.69 Å². The summed E-state index contributed by atoms with van der Waals surface area (Å²) in [4.78, 5) is 12.6. The fraction of sp³-hybridized carbons (Fsp3) is 0.0714. The van der Waals surface area contributed by atoms with Crippen LogP contribution in [0.1, 0.15) is 16.7 Å². The van der Waals surface area contributed by atoms with Gasteiger partial charge >= 0.3 is 0 Å². The number of hydrogen-bond acceptors (Lipinski definition) is 3. The molecule has 0 bridgehead atoms. The van der Waals surface area contributed by atoms with Crippen LogP contribution in [0, 0.1) is 18.3 Å². The number of ether oxygens (including phenoxy) is 1. The molecule has 0 unspecified atom stereocenters. The molecule has 33 heavy (non-hydrogen) atoms. The Kier molecular flexibility index (Phi) is 6.73. The lowest BCUT2D eigenvalue weighted by atomic mass is 10.1. The number of carbonyl (C=O) groups excluding carboxylic acids is 1. The highest BCUT2D eigenvalue weighted by Crippen LogP contribution is 2.24. The Morgan fingerprint density at radius 1 is 1.00 bits per heavy atom. The van der Waals surface area contributed by atoms with Crippen molar-refractivity contribution in [1.29, 1.82) is 5.26 Å². The van der Waals surface area contributed by atoms with Crippen molar-refractivity contribution in [3.8, 4) is 11.8 Å². The van der Waals surface area contributed by atoms with E-state index in [-0.39, 0.29) is 5.57 Å². The van der Waals surface area contributed by atoms with Crippen molar-refractivity contribution in [2.24, 2.45) is 0 Å². The topological polar surface area (TPSA) is 62.1 Å². The number of hydrogen-bond donors (Lipinski definition) is 1. The lowest BCUT2D eigenvalue weighted by Crippen LogP contribution is -2.14. The van der Waals surface area contributed by atoms with Gasteiger partial charge in [-0.05, 0) is 64.7 Å². The van der Waals surface area contributed by atoms with Crippen LogP contribution in [0.2, 0.25) is 5.02 Å². The molecule has 0 saturated heterocycles. The van der Waals surface area contributed by atoms with Crippen molar-refractivity contribution in [3.05, 3.63) is 112 Å². The van der Waals surface area contributed by atoms with E-state index in [1.165, 1.54) is 10.8 Å². The van der Waals surface area contributed by atoms with Crippen molar-refractivity contribution >= 4 is 40.0 Å². The third kappa shape index (κ3) is 5.23. The van der Waals surface area contributed by atoms with Gasteiger partial charge in [-0.1, -0.05) is 72.3 Å². The predicted molar refractivity (Wildman–Crippen MR) is 133 cm³/mol. The van der Waals surface area contributed by atoms with Gasteiger partial charge in [0.2, 0.25) is 0 Å². The number of benzene rings is 4. The van der Waals surface area contributed by atoms with E-state index in [1.54, 1.807) is 24.3 Å². The maximum Gasteiger partial charge on any atom is 0.266 e. The van der Waals surface area contributed by atoms with Crippen LogP contribution in [0.25, 0.3) is 16.8 Å². The summed E-state index contributed by atoms with van der Waals surface area (Å²) in [5.74, 6) is 0.219. The number of halogens is 1. The lowest BCUT2D eigenvalue weighted by molar-refractivity contribution is -0.112. The van der Waals surface area contributed by atoms with Crippen LogP contribution >= 0.6 is 11.6 Å². The number of rotatable bonds is 6. The van der Waals surface area contributed by atoms with Gasteiger partial charge in [0.25, 0.3) is 5.91 Å². The molecular weight excluding hydrogens is 432 g/mol. The quantitative estimate of drug-likeness (QED) is 0.255. The second-order valence-corrected chi connectivity index (χ2v) is 7.94.